The lowest BCUT2D eigenvalue weighted by Crippen LogP contribution is -2.08. The van der Waals surface area contributed by atoms with Gasteiger partial charge in [0.2, 0.25) is 0 Å². The van der Waals surface area contributed by atoms with Crippen LogP contribution in [0.25, 0.3) is 0 Å². The Labute approximate surface area is 67.9 Å². The van der Waals surface area contributed by atoms with E-state index in [1.165, 1.54) is 6.20 Å². The number of hydrogen-bond donors (Lipinski definition) is 3. The third-order valence-corrected chi connectivity index (χ3v) is 0.531. The van der Waals surface area contributed by atoms with Crippen LogP contribution >= 0.6 is 0 Å². The van der Waals surface area contributed by atoms with E-state index in [0.717, 1.165) is 0 Å². The second-order valence-electron chi connectivity index (χ2n) is 1.49. The fraction of sp³-hybridized carbons (Fsp3) is 0. The van der Waals surface area contributed by atoms with Gasteiger partial charge in [0.05, 0.1) is 6.20 Å². The Morgan fingerprint density at radius 1 is 1.75 bits per heavy atom. The van der Waals surface area contributed by atoms with Crippen LogP contribution in [0.1, 0.15) is 5.69 Å². The van der Waals surface area contributed by atoms with E-state index in [9.17, 15) is 0 Å². The van der Waals surface area contributed by atoms with Crippen molar-refractivity contribution >= 4 is 10.3 Å². The maximum Gasteiger partial charge on any atom is 0.330 e. The SMILES string of the molecule is N#Cc1c[nH]nn1.NS(=O)(=O)O. The smallest absolute Gasteiger partial charge is 0.274 e. The van der Waals surface area contributed by atoms with Gasteiger partial charge in [0.1, 0.15) is 6.07 Å². The average Bonchev–Trinajstić information content (AvgIpc) is 2.33. The van der Waals surface area contributed by atoms with Crippen LogP contribution in [0.15, 0.2) is 6.20 Å². The quantitative estimate of drug-likeness (QED) is 0.422. The molecule has 0 aliphatic rings. The molecule has 0 saturated carbocycles. The summed E-state index contributed by atoms with van der Waals surface area (Å²) in [7, 11) is -4.17. The van der Waals surface area contributed by atoms with E-state index in [0.29, 0.717) is 5.69 Å². The number of nitrogens with one attached hydrogen (secondary N) is 1. The molecule has 66 valence electrons. The first-order valence-corrected chi connectivity index (χ1v) is 3.95. The zero-order chi connectivity index (χ0) is 9.61. The molecular weight excluding hydrogens is 186 g/mol. The topological polar surface area (TPSA) is 146 Å². The molecule has 0 aliphatic heterocycles. The summed E-state index contributed by atoms with van der Waals surface area (Å²) in [5, 5.41) is 21.0. The van der Waals surface area contributed by atoms with Gasteiger partial charge in [-0.3, -0.25) is 9.65 Å². The molecule has 0 unspecified atom stereocenters. The Morgan fingerprint density at radius 2 is 2.25 bits per heavy atom. The molecule has 1 rings (SSSR count). The first-order valence-electron chi connectivity index (χ1n) is 2.45. The van der Waals surface area contributed by atoms with Gasteiger partial charge in [-0.05, 0) is 0 Å². The number of aromatic nitrogens is 3. The Kier molecular flexibility index (Phi) is 3.84. The molecule has 0 spiro atoms. The zero-order valence-electron chi connectivity index (χ0n) is 5.67. The van der Waals surface area contributed by atoms with Gasteiger partial charge in [0.15, 0.2) is 5.69 Å². The highest BCUT2D eigenvalue weighted by Gasteiger charge is 1.85. The van der Waals surface area contributed by atoms with Gasteiger partial charge in [-0.2, -0.15) is 13.7 Å². The number of rotatable bonds is 0. The van der Waals surface area contributed by atoms with Crippen LogP contribution in [-0.2, 0) is 10.3 Å². The van der Waals surface area contributed by atoms with Crippen LogP contribution < -0.4 is 5.14 Å². The molecule has 0 atom stereocenters. The lowest BCUT2D eigenvalue weighted by Gasteiger charge is -1.70. The minimum Gasteiger partial charge on any atom is -0.274 e. The van der Waals surface area contributed by atoms with Gasteiger partial charge in [-0.1, -0.05) is 5.21 Å². The van der Waals surface area contributed by atoms with Gasteiger partial charge >= 0.3 is 10.3 Å². The number of nitrogens with two attached hydrogens (primary N) is 1. The molecule has 1 aromatic rings. The summed E-state index contributed by atoms with van der Waals surface area (Å²) >= 11 is 0. The summed E-state index contributed by atoms with van der Waals surface area (Å²) in [5.41, 5.74) is 0.319. The van der Waals surface area contributed by atoms with E-state index in [4.69, 9.17) is 18.2 Å². The minimum absolute atomic E-state index is 0.319. The van der Waals surface area contributed by atoms with Crippen molar-refractivity contribution in [2.75, 3.05) is 0 Å². The second kappa shape index (κ2) is 4.39. The van der Waals surface area contributed by atoms with Crippen molar-refractivity contribution in [3.8, 4) is 6.07 Å². The molecule has 0 radical (unpaired) electrons. The van der Waals surface area contributed by atoms with E-state index in [2.05, 4.69) is 20.5 Å². The van der Waals surface area contributed by atoms with Crippen molar-refractivity contribution in [3.63, 3.8) is 0 Å². The number of H-pyrrole nitrogens is 1. The molecule has 0 fully saturated rings. The maximum absolute atomic E-state index is 8.97. The monoisotopic (exact) mass is 191 g/mol. The molecule has 12 heavy (non-hydrogen) atoms. The predicted octanol–water partition coefficient (Wildman–Crippen LogP) is -1.58. The second-order valence-corrected chi connectivity index (χ2v) is 2.52. The summed E-state index contributed by atoms with van der Waals surface area (Å²) in [4.78, 5) is 0. The van der Waals surface area contributed by atoms with E-state index in [1.54, 1.807) is 6.07 Å². The maximum atomic E-state index is 8.97. The van der Waals surface area contributed by atoms with Gasteiger partial charge in [0.25, 0.3) is 0 Å². The van der Waals surface area contributed by atoms with Crippen molar-refractivity contribution in [3.05, 3.63) is 11.9 Å². The fourth-order valence-corrected chi connectivity index (χ4v) is 0.256. The number of nitriles is 1. The van der Waals surface area contributed by atoms with Crippen LogP contribution in [-0.4, -0.2) is 28.4 Å². The number of nitrogens with zero attached hydrogens (tertiary/aromatic N) is 3. The van der Waals surface area contributed by atoms with Crippen LogP contribution in [0.5, 0.6) is 0 Å². The van der Waals surface area contributed by atoms with E-state index < -0.39 is 10.3 Å². The summed E-state index contributed by atoms with van der Waals surface area (Å²) in [6, 6.07) is 1.80. The molecule has 4 N–H and O–H groups in total. The normalized spacial score (nSPS) is 9.42. The molecule has 0 saturated heterocycles. The lowest BCUT2D eigenvalue weighted by atomic mass is 10.6. The largest absolute Gasteiger partial charge is 0.330 e. The van der Waals surface area contributed by atoms with Crippen LogP contribution in [0.4, 0.5) is 0 Å². The highest BCUT2D eigenvalue weighted by Crippen LogP contribution is 1.78. The summed E-state index contributed by atoms with van der Waals surface area (Å²) in [5.74, 6) is 0. The standard InChI is InChI=1S/C3H2N4.H3NO3S/c4-1-3-2-5-7-6-3;1-5(2,3)4/h2H,(H,5,6,7);(H3,1,2,3,4). The van der Waals surface area contributed by atoms with E-state index >= 15 is 0 Å². The van der Waals surface area contributed by atoms with Crippen LogP contribution in [0.2, 0.25) is 0 Å². The van der Waals surface area contributed by atoms with Crippen molar-refractivity contribution in [1.82, 2.24) is 15.4 Å². The Balaban J connectivity index is 0.000000217. The highest BCUT2D eigenvalue weighted by molar-refractivity contribution is 7.83. The summed E-state index contributed by atoms with van der Waals surface area (Å²) in [6.45, 7) is 0. The first-order chi connectivity index (χ1) is 5.43. The molecule has 9 heteroatoms. The highest BCUT2D eigenvalue weighted by atomic mass is 32.2. The van der Waals surface area contributed by atoms with Gasteiger partial charge in [0, 0.05) is 0 Å². The fourth-order valence-electron chi connectivity index (χ4n) is 0.256. The third-order valence-electron chi connectivity index (χ3n) is 0.531. The molecule has 0 aliphatic carbocycles. The molecule has 0 aromatic carbocycles. The van der Waals surface area contributed by atoms with Gasteiger partial charge in [-0.15, -0.1) is 5.10 Å². The molecule has 8 nitrogen and oxygen atoms in total. The van der Waals surface area contributed by atoms with E-state index in [1.807, 2.05) is 0 Å². The molecule has 1 aromatic heterocycles. The first kappa shape index (κ1) is 10.5. The Bertz CT molecular complexity index is 340. The molecular formula is C3H5N5O3S. The summed E-state index contributed by atoms with van der Waals surface area (Å²) in [6.07, 6.45) is 1.43. The van der Waals surface area contributed by atoms with Crippen molar-refractivity contribution in [2.24, 2.45) is 5.14 Å². The third kappa shape index (κ3) is 8.50. The van der Waals surface area contributed by atoms with E-state index in [-0.39, 0.29) is 0 Å². The van der Waals surface area contributed by atoms with Gasteiger partial charge in [-0.25, -0.2) is 5.14 Å². The zero-order valence-corrected chi connectivity index (χ0v) is 6.48. The molecule has 1 heterocycles. The summed E-state index contributed by atoms with van der Waals surface area (Å²) < 4.78 is 25.2. The van der Waals surface area contributed by atoms with Crippen LogP contribution in [0, 0.1) is 11.3 Å². The van der Waals surface area contributed by atoms with Gasteiger partial charge < -0.3 is 0 Å². The predicted molar refractivity (Wildman–Crippen MR) is 36.8 cm³/mol. The Hall–Kier alpha value is -1.50. The van der Waals surface area contributed by atoms with Crippen LogP contribution in [0.3, 0.4) is 0 Å². The van der Waals surface area contributed by atoms with Crippen molar-refractivity contribution in [2.45, 2.75) is 0 Å². The number of hydrogen-bond acceptors (Lipinski definition) is 5. The average molecular weight is 191 g/mol. The van der Waals surface area contributed by atoms with Crippen molar-refractivity contribution < 1.29 is 13.0 Å². The lowest BCUT2D eigenvalue weighted by molar-refractivity contribution is 0.485. The number of aromatic amines is 1. The van der Waals surface area contributed by atoms with Crippen molar-refractivity contribution in [1.29, 1.82) is 5.26 Å². The Morgan fingerprint density at radius 3 is 2.42 bits per heavy atom. The molecule has 0 bridgehead atoms. The molecule has 0 amide bonds. The minimum atomic E-state index is -4.17.